The molecule has 1 aromatic heterocycles. The highest BCUT2D eigenvalue weighted by Gasteiger charge is 1.98. The molecule has 0 aliphatic heterocycles. The third kappa shape index (κ3) is 1.62. The average molecular weight is 192 g/mol. The molecule has 0 saturated heterocycles. The summed E-state index contributed by atoms with van der Waals surface area (Å²) in [6.07, 6.45) is 0. The summed E-state index contributed by atoms with van der Waals surface area (Å²) >= 11 is 0. The first-order valence-corrected chi connectivity index (χ1v) is 4.45. The molecule has 1 heterocycles. The number of nitrogens with one attached hydrogen (secondary N) is 3. The molecule has 0 aliphatic rings. The fourth-order valence-corrected chi connectivity index (χ4v) is 1.36. The Morgan fingerprint density at radius 1 is 1.29 bits per heavy atom. The number of anilines is 1. The van der Waals surface area contributed by atoms with Gasteiger partial charge in [-0.05, 0) is 18.2 Å². The molecule has 0 fully saturated rings. The lowest BCUT2D eigenvalue weighted by Crippen LogP contribution is -2.12. The van der Waals surface area contributed by atoms with Gasteiger partial charge in [0.15, 0.2) is 0 Å². The highest BCUT2D eigenvalue weighted by atomic mass is 16.1. The summed E-state index contributed by atoms with van der Waals surface area (Å²) in [6.45, 7) is 1.31. The molecule has 0 radical (unpaired) electrons. The van der Waals surface area contributed by atoms with Crippen LogP contribution >= 0.6 is 0 Å². The van der Waals surface area contributed by atoms with Crippen molar-refractivity contribution in [2.24, 2.45) is 5.73 Å². The number of hydrogen-bond donors (Lipinski definition) is 4. The number of rotatable bonds is 3. The number of benzene rings is 1. The second kappa shape index (κ2) is 3.55. The molecule has 2 rings (SSSR count). The predicted octanol–water partition coefficient (Wildman–Crippen LogP) is 0.227. The van der Waals surface area contributed by atoms with Gasteiger partial charge in [-0.15, -0.1) is 0 Å². The summed E-state index contributed by atoms with van der Waals surface area (Å²) < 4.78 is 0. The lowest BCUT2D eigenvalue weighted by Gasteiger charge is -2.03. The van der Waals surface area contributed by atoms with Crippen LogP contribution in [0, 0.1) is 0 Å². The first-order valence-electron chi connectivity index (χ1n) is 4.45. The van der Waals surface area contributed by atoms with Gasteiger partial charge in [-0.1, -0.05) is 0 Å². The monoisotopic (exact) mass is 192 g/mol. The lowest BCUT2D eigenvalue weighted by atomic mass is 10.3. The van der Waals surface area contributed by atoms with Crippen molar-refractivity contribution in [1.29, 1.82) is 0 Å². The molecule has 0 saturated carbocycles. The topological polar surface area (TPSA) is 86.7 Å². The van der Waals surface area contributed by atoms with Gasteiger partial charge in [0, 0.05) is 18.8 Å². The Morgan fingerprint density at radius 3 is 2.86 bits per heavy atom. The molecule has 2 aromatic rings. The van der Waals surface area contributed by atoms with Crippen LogP contribution < -0.4 is 16.7 Å². The first-order chi connectivity index (χ1) is 6.79. The van der Waals surface area contributed by atoms with E-state index in [4.69, 9.17) is 5.73 Å². The first kappa shape index (κ1) is 8.83. The van der Waals surface area contributed by atoms with E-state index in [2.05, 4.69) is 15.3 Å². The van der Waals surface area contributed by atoms with Gasteiger partial charge in [-0.2, -0.15) is 0 Å². The normalized spacial score (nSPS) is 10.6. The number of aromatic nitrogens is 2. The molecule has 14 heavy (non-hydrogen) atoms. The fourth-order valence-electron chi connectivity index (χ4n) is 1.36. The van der Waals surface area contributed by atoms with E-state index in [0.717, 1.165) is 23.3 Å². The van der Waals surface area contributed by atoms with Crippen molar-refractivity contribution in [1.82, 2.24) is 9.97 Å². The molecule has 0 atom stereocenters. The fraction of sp³-hybridized carbons (Fsp3) is 0.222. The van der Waals surface area contributed by atoms with E-state index in [1.54, 1.807) is 0 Å². The van der Waals surface area contributed by atoms with Crippen LogP contribution in [0.3, 0.4) is 0 Å². The number of aromatic amines is 2. The summed E-state index contributed by atoms with van der Waals surface area (Å²) in [4.78, 5) is 16.3. The Bertz CT molecular complexity index is 485. The highest BCUT2D eigenvalue weighted by molar-refractivity contribution is 5.78. The van der Waals surface area contributed by atoms with Gasteiger partial charge in [0.1, 0.15) is 0 Å². The maximum absolute atomic E-state index is 11.0. The number of H-pyrrole nitrogens is 2. The molecule has 5 nitrogen and oxygen atoms in total. The van der Waals surface area contributed by atoms with Crippen molar-refractivity contribution in [2.75, 3.05) is 18.4 Å². The van der Waals surface area contributed by atoms with Gasteiger partial charge < -0.3 is 21.0 Å². The van der Waals surface area contributed by atoms with Gasteiger partial charge in [0.05, 0.1) is 11.0 Å². The molecule has 5 heteroatoms. The third-order valence-corrected chi connectivity index (χ3v) is 1.99. The molecule has 0 amide bonds. The largest absolute Gasteiger partial charge is 0.384 e. The Kier molecular flexibility index (Phi) is 2.24. The maximum Gasteiger partial charge on any atom is 0.323 e. The smallest absolute Gasteiger partial charge is 0.323 e. The number of imidazole rings is 1. The van der Waals surface area contributed by atoms with Crippen LogP contribution in [0.2, 0.25) is 0 Å². The SMILES string of the molecule is NCCNc1ccc2[nH]c(=O)[nH]c2c1. The van der Waals surface area contributed by atoms with Crippen LogP contribution in [0.1, 0.15) is 0 Å². The van der Waals surface area contributed by atoms with Crippen LogP contribution in [0.25, 0.3) is 11.0 Å². The van der Waals surface area contributed by atoms with E-state index >= 15 is 0 Å². The summed E-state index contributed by atoms with van der Waals surface area (Å²) in [7, 11) is 0. The van der Waals surface area contributed by atoms with Crippen LogP contribution in [0.15, 0.2) is 23.0 Å². The van der Waals surface area contributed by atoms with E-state index in [1.807, 2.05) is 18.2 Å². The van der Waals surface area contributed by atoms with E-state index < -0.39 is 0 Å². The Hall–Kier alpha value is -1.75. The lowest BCUT2D eigenvalue weighted by molar-refractivity contribution is 1.02. The van der Waals surface area contributed by atoms with Crippen LogP contribution in [-0.2, 0) is 0 Å². The Morgan fingerprint density at radius 2 is 2.07 bits per heavy atom. The standard InChI is InChI=1S/C9H12N4O/c10-3-4-11-6-1-2-7-8(5-6)13-9(14)12-7/h1-2,5,11H,3-4,10H2,(H2,12,13,14). The molecule has 0 bridgehead atoms. The van der Waals surface area contributed by atoms with Gasteiger partial charge in [0.25, 0.3) is 0 Å². The van der Waals surface area contributed by atoms with Gasteiger partial charge in [-0.3, -0.25) is 0 Å². The van der Waals surface area contributed by atoms with Gasteiger partial charge >= 0.3 is 5.69 Å². The van der Waals surface area contributed by atoms with Crippen molar-refractivity contribution in [2.45, 2.75) is 0 Å². The zero-order valence-electron chi connectivity index (χ0n) is 7.63. The van der Waals surface area contributed by atoms with Crippen molar-refractivity contribution < 1.29 is 0 Å². The van der Waals surface area contributed by atoms with Crippen molar-refractivity contribution in [3.63, 3.8) is 0 Å². The minimum absolute atomic E-state index is 0.184. The molecule has 0 aliphatic carbocycles. The van der Waals surface area contributed by atoms with Crippen LogP contribution in [-0.4, -0.2) is 23.1 Å². The molecular formula is C9H12N4O. The van der Waals surface area contributed by atoms with Crippen molar-refractivity contribution in [3.8, 4) is 0 Å². The number of fused-ring (bicyclic) bond motifs is 1. The van der Waals surface area contributed by atoms with Gasteiger partial charge in [0.2, 0.25) is 0 Å². The molecule has 5 N–H and O–H groups in total. The summed E-state index contributed by atoms with van der Waals surface area (Å²) in [5.41, 5.74) is 7.76. The Balaban J connectivity index is 2.35. The quantitative estimate of drug-likeness (QED) is 0.561. The molecule has 0 unspecified atom stereocenters. The van der Waals surface area contributed by atoms with E-state index in [0.29, 0.717) is 6.54 Å². The number of hydrogen-bond acceptors (Lipinski definition) is 3. The van der Waals surface area contributed by atoms with Crippen molar-refractivity contribution >= 4 is 16.7 Å². The summed E-state index contributed by atoms with van der Waals surface area (Å²) in [5, 5.41) is 3.13. The molecule has 74 valence electrons. The second-order valence-electron chi connectivity index (χ2n) is 3.05. The maximum atomic E-state index is 11.0. The van der Waals surface area contributed by atoms with Gasteiger partial charge in [-0.25, -0.2) is 4.79 Å². The van der Waals surface area contributed by atoms with E-state index in [-0.39, 0.29) is 5.69 Å². The minimum atomic E-state index is -0.184. The van der Waals surface area contributed by atoms with E-state index in [1.165, 1.54) is 0 Å². The van der Waals surface area contributed by atoms with E-state index in [9.17, 15) is 4.79 Å². The summed E-state index contributed by atoms with van der Waals surface area (Å²) in [5.74, 6) is 0. The average Bonchev–Trinajstić information content (AvgIpc) is 2.54. The second-order valence-corrected chi connectivity index (χ2v) is 3.05. The van der Waals surface area contributed by atoms with Crippen LogP contribution in [0.5, 0.6) is 0 Å². The predicted molar refractivity (Wildman–Crippen MR) is 56.5 cm³/mol. The zero-order chi connectivity index (χ0) is 9.97. The molecule has 0 spiro atoms. The molecular weight excluding hydrogens is 180 g/mol. The Labute approximate surface area is 80.3 Å². The number of nitrogens with two attached hydrogens (primary N) is 1. The minimum Gasteiger partial charge on any atom is -0.384 e. The summed E-state index contributed by atoms with van der Waals surface area (Å²) in [6, 6.07) is 5.64. The zero-order valence-corrected chi connectivity index (χ0v) is 7.63. The van der Waals surface area contributed by atoms with Crippen LogP contribution in [0.4, 0.5) is 5.69 Å². The molecule has 1 aromatic carbocycles. The highest BCUT2D eigenvalue weighted by Crippen LogP contribution is 2.13. The third-order valence-electron chi connectivity index (χ3n) is 1.99. The van der Waals surface area contributed by atoms with Crippen molar-refractivity contribution in [3.05, 3.63) is 28.7 Å².